The van der Waals surface area contributed by atoms with Gasteiger partial charge >= 0.3 is 0 Å². The lowest BCUT2D eigenvalue weighted by molar-refractivity contribution is 0.174. The average Bonchev–Trinajstić information content (AvgIpc) is 2.84. The largest absolute Gasteiger partial charge is 0.454 e. The number of ether oxygens (including phenoxy) is 2. The predicted octanol–water partition coefficient (Wildman–Crippen LogP) is 3.68. The van der Waals surface area contributed by atoms with E-state index >= 15 is 0 Å². The second kappa shape index (κ2) is 4.78. The normalized spacial score (nSPS) is 12.5. The van der Waals surface area contributed by atoms with Crippen LogP contribution in [0.4, 0.5) is 5.69 Å². The van der Waals surface area contributed by atoms with E-state index in [2.05, 4.69) is 17.4 Å². The van der Waals surface area contributed by atoms with Gasteiger partial charge in [0.1, 0.15) is 0 Å². The molecule has 0 atom stereocenters. The molecule has 4 heteroatoms. The first-order chi connectivity index (χ1) is 8.83. The maximum Gasteiger partial charge on any atom is 0.231 e. The fourth-order valence-corrected chi connectivity index (χ4v) is 2.07. The Kier molecular flexibility index (Phi) is 2.99. The SMILES string of the molecule is Clc1cc2c(cc1NCc1ccccc1)OCO2. The van der Waals surface area contributed by atoms with Gasteiger partial charge in [0, 0.05) is 18.7 Å². The average molecular weight is 262 g/mol. The van der Waals surface area contributed by atoms with Gasteiger partial charge in [0.15, 0.2) is 11.5 Å². The summed E-state index contributed by atoms with van der Waals surface area (Å²) in [5.41, 5.74) is 2.05. The number of hydrogen-bond donors (Lipinski definition) is 1. The molecule has 0 fully saturated rings. The topological polar surface area (TPSA) is 30.5 Å². The molecule has 0 amide bonds. The van der Waals surface area contributed by atoms with Crippen molar-refractivity contribution in [3.8, 4) is 11.5 Å². The quantitative estimate of drug-likeness (QED) is 0.914. The zero-order valence-corrected chi connectivity index (χ0v) is 10.4. The zero-order valence-electron chi connectivity index (χ0n) is 9.65. The van der Waals surface area contributed by atoms with E-state index in [1.54, 1.807) is 6.07 Å². The van der Waals surface area contributed by atoms with Gasteiger partial charge < -0.3 is 14.8 Å². The van der Waals surface area contributed by atoms with Crippen LogP contribution in [0, 0.1) is 0 Å². The number of benzene rings is 2. The highest BCUT2D eigenvalue weighted by molar-refractivity contribution is 6.33. The van der Waals surface area contributed by atoms with Gasteiger partial charge in [-0.05, 0) is 5.56 Å². The van der Waals surface area contributed by atoms with Gasteiger partial charge in [-0.2, -0.15) is 0 Å². The Bertz CT molecular complexity index is 557. The van der Waals surface area contributed by atoms with E-state index in [0.29, 0.717) is 10.8 Å². The lowest BCUT2D eigenvalue weighted by Gasteiger charge is -2.09. The van der Waals surface area contributed by atoms with Crippen LogP contribution < -0.4 is 14.8 Å². The van der Waals surface area contributed by atoms with Gasteiger partial charge in [-0.3, -0.25) is 0 Å². The molecule has 0 aromatic heterocycles. The fourth-order valence-electron chi connectivity index (χ4n) is 1.85. The van der Waals surface area contributed by atoms with E-state index in [4.69, 9.17) is 21.1 Å². The zero-order chi connectivity index (χ0) is 12.4. The minimum Gasteiger partial charge on any atom is -0.454 e. The van der Waals surface area contributed by atoms with Crippen LogP contribution in [0.1, 0.15) is 5.56 Å². The Hall–Kier alpha value is -1.87. The summed E-state index contributed by atoms with van der Waals surface area (Å²) < 4.78 is 10.6. The number of nitrogens with one attached hydrogen (secondary N) is 1. The molecular weight excluding hydrogens is 250 g/mol. The molecule has 1 heterocycles. The highest BCUT2D eigenvalue weighted by atomic mass is 35.5. The number of anilines is 1. The minimum absolute atomic E-state index is 0.258. The van der Waals surface area contributed by atoms with Crippen molar-refractivity contribution in [3.63, 3.8) is 0 Å². The number of fused-ring (bicyclic) bond motifs is 1. The molecule has 0 spiro atoms. The second-order valence-corrected chi connectivity index (χ2v) is 4.43. The third kappa shape index (κ3) is 2.22. The van der Waals surface area contributed by atoms with Crippen molar-refractivity contribution in [3.05, 3.63) is 53.1 Å². The molecule has 1 aliphatic heterocycles. The number of hydrogen-bond acceptors (Lipinski definition) is 3. The molecule has 0 bridgehead atoms. The summed E-state index contributed by atoms with van der Waals surface area (Å²) in [6.07, 6.45) is 0. The lowest BCUT2D eigenvalue weighted by Crippen LogP contribution is -1.99. The Labute approximate surface area is 110 Å². The second-order valence-electron chi connectivity index (χ2n) is 4.02. The third-order valence-electron chi connectivity index (χ3n) is 2.79. The Morgan fingerprint density at radius 2 is 1.78 bits per heavy atom. The first-order valence-electron chi connectivity index (χ1n) is 5.70. The number of halogens is 1. The van der Waals surface area contributed by atoms with Gasteiger partial charge in [-0.15, -0.1) is 0 Å². The third-order valence-corrected chi connectivity index (χ3v) is 3.10. The van der Waals surface area contributed by atoms with Gasteiger partial charge in [-0.1, -0.05) is 41.9 Å². The van der Waals surface area contributed by atoms with Gasteiger partial charge in [0.05, 0.1) is 10.7 Å². The van der Waals surface area contributed by atoms with E-state index in [1.165, 1.54) is 5.56 Å². The molecule has 0 radical (unpaired) electrons. The molecule has 92 valence electrons. The van der Waals surface area contributed by atoms with E-state index in [-0.39, 0.29) is 6.79 Å². The summed E-state index contributed by atoms with van der Waals surface area (Å²) in [4.78, 5) is 0. The van der Waals surface area contributed by atoms with Crippen molar-refractivity contribution >= 4 is 17.3 Å². The van der Waals surface area contributed by atoms with Gasteiger partial charge in [-0.25, -0.2) is 0 Å². The summed E-state index contributed by atoms with van der Waals surface area (Å²) in [5.74, 6) is 1.43. The first kappa shape index (κ1) is 11.2. The maximum atomic E-state index is 6.18. The van der Waals surface area contributed by atoms with Crippen LogP contribution >= 0.6 is 11.6 Å². The van der Waals surface area contributed by atoms with Gasteiger partial charge in [0.2, 0.25) is 6.79 Å². The fraction of sp³-hybridized carbons (Fsp3) is 0.143. The Morgan fingerprint density at radius 3 is 2.56 bits per heavy atom. The molecule has 1 N–H and O–H groups in total. The molecule has 3 nitrogen and oxygen atoms in total. The van der Waals surface area contributed by atoms with Crippen LogP contribution in [0.25, 0.3) is 0 Å². The molecule has 1 aliphatic rings. The maximum absolute atomic E-state index is 6.18. The Morgan fingerprint density at radius 1 is 1.06 bits per heavy atom. The molecular formula is C14H12ClNO2. The van der Waals surface area contributed by atoms with Crippen molar-refractivity contribution in [2.24, 2.45) is 0 Å². The van der Waals surface area contributed by atoms with Crippen molar-refractivity contribution in [1.29, 1.82) is 0 Å². The molecule has 0 aliphatic carbocycles. The molecule has 0 saturated heterocycles. The molecule has 2 aromatic carbocycles. The summed E-state index contributed by atoms with van der Waals surface area (Å²) in [7, 11) is 0. The molecule has 0 unspecified atom stereocenters. The van der Waals surface area contributed by atoms with Crippen LogP contribution in [0.5, 0.6) is 11.5 Å². The minimum atomic E-state index is 0.258. The van der Waals surface area contributed by atoms with E-state index in [1.807, 2.05) is 24.3 Å². The number of rotatable bonds is 3. The Balaban J connectivity index is 1.77. The van der Waals surface area contributed by atoms with Crippen LogP contribution in [0.15, 0.2) is 42.5 Å². The molecule has 3 rings (SSSR count). The van der Waals surface area contributed by atoms with Gasteiger partial charge in [0.25, 0.3) is 0 Å². The first-order valence-corrected chi connectivity index (χ1v) is 6.08. The summed E-state index contributed by atoms with van der Waals surface area (Å²) in [6, 6.07) is 13.8. The van der Waals surface area contributed by atoms with Crippen LogP contribution in [0.3, 0.4) is 0 Å². The van der Waals surface area contributed by atoms with E-state index in [0.717, 1.165) is 18.0 Å². The van der Waals surface area contributed by atoms with Crippen LogP contribution in [-0.4, -0.2) is 6.79 Å². The summed E-state index contributed by atoms with van der Waals surface area (Å²) in [5, 5.41) is 3.93. The smallest absolute Gasteiger partial charge is 0.231 e. The predicted molar refractivity (Wildman–Crippen MR) is 71.3 cm³/mol. The van der Waals surface area contributed by atoms with Crippen LogP contribution in [-0.2, 0) is 6.54 Å². The van der Waals surface area contributed by atoms with Crippen molar-refractivity contribution in [2.75, 3.05) is 12.1 Å². The molecule has 0 saturated carbocycles. The van der Waals surface area contributed by atoms with E-state index < -0.39 is 0 Å². The van der Waals surface area contributed by atoms with Crippen molar-refractivity contribution in [2.45, 2.75) is 6.54 Å². The molecule has 2 aromatic rings. The van der Waals surface area contributed by atoms with E-state index in [9.17, 15) is 0 Å². The highest BCUT2D eigenvalue weighted by Gasteiger charge is 2.16. The summed E-state index contributed by atoms with van der Waals surface area (Å²) >= 11 is 6.18. The lowest BCUT2D eigenvalue weighted by atomic mass is 10.2. The molecule has 18 heavy (non-hydrogen) atoms. The monoisotopic (exact) mass is 261 g/mol. The van der Waals surface area contributed by atoms with Crippen molar-refractivity contribution < 1.29 is 9.47 Å². The van der Waals surface area contributed by atoms with Crippen molar-refractivity contribution in [1.82, 2.24) is 0 Å². The summed E-state index contributed by atoms with van der Waals surface area (Å²) in [6.45, 7) is 0.980. The highest BCUT2D eigenvalue weighted by Crippen LogP contribution is 2.39. The standard InChI is InChI=1S/C14H12ClNO2/c15-11-6-13-14(18-9-17-13)7-12(11)16-8-10-4-2-1-3-5-10/h1-7,16H,8-9H2. The van der Waals surface area contributed by atoms with Crippen LogP contribution in [0.2, 0.25) is 5.02 Å².